The van der Waals surface area contributed by atoms with E-state index in [1.807, 2.05) is 44.2 Å². The summed E-state index contributed by atoms with van der Waals surface area (Å²) in [7, 11) is 0. The number of unbranched alkanes of at least 4 members (excludes halogenated alkanes) is 1. The van der Waals surface area contributed by atoms with Crippen LogP contribution in [0, 0.1) is 5.92 Å². The Kier molecular flexibility index (Phi) is 11.0. The third-order valence-corrected chi connectivity index (χ3v) is 4.83. The third-order valence-electron chi connectivity index (χ3n) is 4.27. The fourth-order valence-corrected chi connectivity index (χ4v) is 3.04. The summed E-state index contributed by atoms with van der Waals surface area (Å²) in [5, 5.41) is 0.854. The van der Waals surface area contributed by atoms with Gasteiger partial charge in [-0.2, -0.15) is 0 Å². The molecule has 1 aromatic carbocycles. The Morgan fingerprint density at radius 1 is 1.12 bits per heavy atom. The van der Waals surface area contributed by atoms with Gasteiger partial charge in [-0.3, -0.25) is 4.90 Å². The van der Waals surface area contributed by atoms with Crippen molar-refractivity contribution in [3.8, 4) is 0 Å². The Labute approximate surface area is 165 Å². The van der Waals surface area contributed by atoms with Gasteiger partial charge in [0.05, 0.1) is 6.61 Å². The number of alkyl halides is 1. The standard InChI is InChI=1S/C20H30BrNO4/c1-4-16(3)18(19(23)25-5-2)22(14-10-9-13-21)20(24)26-15-17-11-7-6-8-12-17/h6-8,11-12,16,18H,4-5,9-10,13-15H2,1-3H3/t16-,18-/m0/s1. The van der Waals surface area contributed by atoms with Crippen molar-refractivity contribution in [1.82, 2.24) is 4.90 Å². The first-order valence-electron chi connectivity index (χ1n) is 9.25. The van der Waals surface area contributed by atoms with Crippen LogP contribution >= 0.6 is 15.9 Å². The van der Waals surface area contributed by atoms with E-state index in [1.165, 1.54) is 4.90 Å². The molecular formula is C20H30BrNO4. The van der Waals surface area contributed by atoms with Crippen molar-refractivity contribution in [3.05, 3.63) is 35.9 Å². The van der Waals surface area contributed by atoms with Crippen LogP contribution in [0.5, 0.6) is 0 Å². The molecule has 5 nitrogen and oxygen atoms in total. The predicted octanol–water partition coefficient (Wildman–Crippen LogP) is 4.78. The van der Waals surface area contributed by atoms with Crippen LogP contribution in [-0.4, -0.2) is 41.5 Å². The molecule has 0 aromatic heterocycles. The molecule has 0 spiro atoms. The molecule has 0 saturated carbocycles. The molecule has 0 aliphatic carbocycles. The average Bonchev–Trinajstić information content (AvgIpc) is 2.66. The van der Waals surface area contributed by atoms with E-state index >= 15 is 0 Å². The smallest absolute Gasteiger partial charge is 0.410 e. The zero-order valence-corrected chi connectivity index (χ0v) is 17.5. The number of carbonyl (C=O) groups excluding carboxylic acids is 2. The summed E-state index contributed by atoms with van der Waals surface area (Å²) in [6, 6.07) is 8.89. The second kappa shape index (κ2) is 12.7. The molecule has 0 N–H and O–H groups in total. The minimum absolute atomic E-state index is 0.0118. The molecule has 0 bridgehead atoms. The van der Waals surface area contributed by atoms with Gasteiger partial charge in [-0.05, 0) is 31.2 Å². The topological polar surface area (TPSA) is 55.8 Å². The fourth-order valence-electron chi connectivity index (χ4n) is 2.64. The summed E-state index contributed by atoms with van der Waals surface area (Å²) in [4.78, 5) is 26.8. The first-order valence-corrected chi connectivity index (χ1v) is 10.4. The largest absolute Gasteiger partial charge is 0.464 e. The molecule has 6 heteroatoms. The fraction of sp³-hybridized carbons (Fsp3) is 0.600. The second-order valence-corrected chi connectivity index (χ2v) is 7.01. The Bertz CT molecular complexity index is 538. The van der Waals surface area contributed by atoms with Gasteiger partial charge < -0.3 is 9.47 Å². The van der Waals surface area contributed by atoms with Gasteiger partial charge in [-0.25, -0.2) is 9.59 Å². The molecule has 0 heterocycles. The third kappa shape index (κ3) is 7.36. The lowest BCUT2D eigenvalue weighted by Gasteiger charge is -2.33. The van der Waals surface area contributed by atoms with E-state index in [1.54, 1.807) is 6.92 Å². The summed E-state index contributed by atoms with van der Waals surface area (Å²) < 4.78 is 10.7. The number of ether oxygens (including phenoxy) is 2. The highest BCUT2D eigenvalue weighted by atomic mass is 79.9. The Morgan fingerprint density at radius 2 is 1.81 bits per heavy atom. The Morgan fingerprint density at radius 3 is 2.38 bits per heavy atom. The summed E-state index contributed by atoms with van der Waals surface area (Å²) in [5.74, 6) is -0.375. The number of rotatable bonds is 11. The number of nitrogens with zero attached hydrogens (tertiary/aromatic N) is 1. The molecule has 146 valence electrons. The normalized spacial score (nSPS) is 12.9. The van der Waals surface area contributed by atoms with Crippen molar-refractivity contribution in [3.63, 3.8) is 0 Å². The van der Waals surface area contributed by atoms with E-state index in [-0.39, 0.29) is 18.5 Å². The van der Waals surface area contributed by atoms with E-state index in [9.17, 15) is 9.59 Å². The van der Waals surface area contributed by atoms with Crippen LogP contribution in [0.15, 0.2) is 30.3 Å². The summed E-state index contributed by atoms with van der Waals surface area (Å²) in [6.45, 7) is 6.68. The van der Waals surface area contributed by atoms with E-state index in [0.29, 0.717) is 13.2 Å². The number of hydrogen-bond acceptors (Lipinski definition) is 4. The number of halogens is 1. The van der Waals surface area contributed by atoms with Crippen molar-refractivity contribution in [1.29, 1.82) is 0 Å². The van der Waals surface area contributed by atoms with E-state index in [2.05, 4.69) is 15.9 Å². The van der Waals surface area contributed by atoms with Crippen LogP contribution in [0.4, 0.5) is 4.79 Å². The lowest BCUT2D eigenvalue weighted by Crippen LogP contribution is -2.50. The van der Waals surface area contributed by atoms with Crippen LogP contribution < -0.4 is 0 Å². The highest BCUT2D eigenvalue weighted by Crippen LogP contribution is 2.19. The molecule has 0 saturated heterocycles. The molecule has 0 aliphatic heterocycles. The van der Waals surface area contributed by atoms with Gasteiger partial charge in [0.25, 0.3) is 0 Å². The average molecular weight is 428 g/mol. The maximum atomic E-state index is 12.8. The van der Waals surface area contributed by atoms with Crippen molar-refractivity contribution >= 4 is 28.0 Å². The first-order chi connectivity index (χ1) is 12.5. The number of benzene rings is 1. The van der Waals surface area contributed by atoms with Crippen LogP contribution in [0.1, 0.15) is 45.6 Å². The van der Waals surface area contributed by atoms with Crippen LogP contribution in [0.3, 0.4) is 0 Å². The van der Waals surface area contributed by atoms with E-state index in [4.69, 9.17) is 9.47 Å². The number of amides is 1. The van der Waals surface area contributed by atoms with Gasteiger partial charge >= 0.3 is 12.1 Å². The molecule has 2 atom stereocenters. The van der Waals surface area contributed by atoms with Crippen LogP contribution in [0.25, 0.3) is 0 Å². The molecular weight excluding hydrogens is 398 g/mol. The van der Waals surface area contributed by atoms with Crippen molar-refractivity contribution in [2.45, 2.75) is 52.7 Å². The van der Waals surface area contributed by atoms with Gasteiger partial charge in [-0.15, -0.1) is 0 Å². The highest BCUT2D eigenvalue weighted by molar-refractivity contribution is 9.09. The number of esters is 1. The molecule has 0 aliphatic rings. The molecule has 26 heavy (non-hydrogen) atoms. The van der Waals surface area contributed by atoms with Gasteiger partial charge in [0.15, 0.2) is 0 Å². The quantitative estimate of drug-likeness (QED) is 0.289. The minimum Gasteiger partial charge on any atom is -0.464 e. The van der Waals surface area contributed by atoms with Gasteiger partial charge in [0, 0.05) is 11.9 Å². The van der Waals surface area contributed by atoms with Gasteiger partial charge in [0.1, 0.15) is 12.6 Å². The lowest BCUT2D eigenvalue weighted by molar-refractivity contribution is -0.151. The second-order valence-electron chi connectivity index (χ2n) is 6.21. The maximum Gasteiger partial charge on any atom is 0.410 e. The predicted molar refractivity (Wildman–Crippen MR) is 106 cm³/mol. The number of carbonyl (C=O) groups is 2. The minimum atomic E-state index is -0.626. The zero-order valence-electron chi connectivity index (χ0n) is 15.9. The van der Waals surface area contributed by atoms with Crippen LogP contribution in [-0.2, 0) is 20.9 Å². The summed E-state index contributed by atoms with van der Waals surface area (Å²) in [6.07, 6.45) is 2.00. The summed E-state index contributed by atoms with van der Waals surface area (Å²) in [5.41, 5.74) is 0.914. The molecule has 0 fully saturated rings. The summed E-state index contributed by atoms with van der Waals surface area (Å²) >= 11 is 3.40. The highest BCUT2D eigenvalue weighted by Gasteiger charge is 2.35. The van der Waals surface area contributed by atoms with Crippen molar-refractivity contribution in [2.24, 2.45) is 5.92 Å². The Hall–Kier alpha value is -1.56. The number of hydrogen-bond donors (Lipinski definition) is 0. The van der Waals surface area contributed by atoms with E-state index in [0.717, 1.165) is 30.2 Å². The van der Waals surface area contributed by atoms with E-state index < -0.39 is 12.1 Å². The monoisotopic (exact) mass is 427 g/mol. The van der Waals surface area contributed by atoms with Crippen molar-refractivity contribution in [2.75, 3.05) is 18.5 Å². The molecule has 0 unspecified atom stereocenters. The first kappa shape index (κ1) is 22.5. The lowest BCUT2D eigenvalue weighted by atomic mass is 9.97. The zero-order chi connectivity index (χ0) is 19.4. The molecule has 0 radical (unpaired) electrons. The molecule has 1 amide bonds. The maximum absolute atomic E-state index is 12.8. The SMILES string of the molecule is CCOC(=O)[C@H]([C@@H](C)CC)N(CCCCBr)C(=O)OCc1ccccc1. The Balaban J connectivity index is 2.90. The molecule has 1 rings (SSSR count). The molecule has 1 aromatic rings. The van der Waals surface area contributed by atoms with Gasteiger partial charge in [-0.1, -0.05) is 66.5 Å². The van der Waals surface area contributed by atoms with Gasteiger partial charge in [0.2, 0.25) is 0 Å². The van der Waals surface area contributed by atoms with Crippen LogP contribution in [0.2, 0.25) is 0 Å². The van der Waals surface area contributed by atoms with Crippen molar-refractivity contribution < 1.29 is 19.1 Å².